The number of hydrogen-bond acceptors (Lipinski definition) is 5. The van der Waals surface area contributed by atoms with Gasteiger partial charge in [0.15, 0.2) is 15.6 Å². The molecule has 2 fully saturated rings. The molecule has 2 aromatic heterocycles. The Morgan fingerprint density at radius 3 is 2.51 bits per heavy atom. The van der Waals surface area contributed by atoms with Gasteiger partial charge in [0.05, 0.1) is 33.5 Å². The van der Waals surface area contributed by atoms with Gasteiger partial charge in [0.1, 0.15) is 11.5 Å². The van der Waals surface area contributed by atoms with Crippen molar-refractivity contribution in [3.63, 3.8) is 0 Å². The van der Waals surface area contributed by atoms with Crippen LogP contribution in [0.15, 0.2) is 60.4 Å². The zero-order valence-electron chi connectivity index (χ0n) is 20.6. The van der Waals surface area contributed by atoms with E-state index >= 15 is 0 Å². The van der Waals surface area contributed by atoms with Gasteiger partial charge >= 0.3 is 0 Å². The van der Waals surface area contributed by atoms with Gasteiger partial charge in [-0.05, 0) is 86.6 Å². The van der Waals surface area contributed by atoms with E-state index in [-0.39, 0.29) is 23.3 Å². The summed E-state index contributed by atoms with van der Waals surface area (Å²) in [5.41, 5.74) is 2.81. The molecule has 0 amide bonds. The minimum absolute atomic E-state index is 0.122. The Hall–Kier alpha value is -3.13. The second-order valence-electron chi connectivity index (χ2n) is 10.6. The molecule has 3 aliphatic rings. The molecule has 8 heteroatoms. The molecule has 2 atom stereocenters. The molecule has 6 nitrogen and oxygen atoms in total. The van der Waals surface area contributed by atoms with Crippen LogP contribution >= 0.6 is 0 Å². The molecule has 2 saturated carbocycles. The number of sulfone groups is 1. The smallest absolute Gasteiger partial charge is 0.191 e. The predicted molar refractivity (Wildman–Crippen MR) is 140 cm³/mol. The largest absolute Gasteiger partial charge is 0.291 e. The first-order valence-electron chi connectivity index (χ1n) is 13.1. The number of fused-ring (bicyclic) bond motifs is 2. The van der Waals surface area contributed by atoms with Crippen molar-refractivity contribution < 1.29 is 17.6 Å². The summed E-state index contributed by atoms with van der Waals surface area (Å²) in [6.07, 6.45) is 11.5. The van der Waals surface area contributed by atoms with Gasteiger partial charge in [0.25, 0.3) is 0 Å². The summed E-state index contributed by atoms with van der Waals surface area (Å²) in [5.74, 6) is -0.441. The highest BCUT2D eigenvalue weighted by atomic mass is 32.2. The van der Waals surface area contributed by atoms with E-state index in [1.165, 1.54) is 12.1 Å². The molecular formula is C29H30FN3O3S. The number of aromatic nitrogens is 3. The first-order valence-corrected chi connectivity index (χ1v) is 14.7. The van der Waals surface area contributed by atoms with Crippen LogP contribution in [-0.4, -0.2) is 39.5 Å². The second-order valence-corrected chi connectivity index (χ2v) is 13.1. The van der Waals surface area contributed by atoms with E-state index in [1.54, 1.807) is 47.4 Å². The highest BCUT2D eigenvalue weighted by molar-refractivity contribution is 7.92. The molecular weight excluding hydrogens is 489 g/mol. The van der Waals surface area contributed by atoms with Crippen molar-refractivity contribution in [3.05, 3.63) is 83.2 Å². The highest BCUT2D eigenvalue weighted by Gasteiger charge is 2.52. The highest BCUT2D eigenvalue weighted by Crippen LogP contribution is 2.52. The number of benzene rings is 1. The first kappa shape index (κ1) is 24.2. The van der Waals surface area contributed by atoms with E-state index in [0.717, 1.165) is 54.6 Å². The lowest BCUT2D eigenvalue weighted by Crippen LogP contribution is -2.47. The van der Waals surface area contributed by atoms with E-state index in [4.69, 9.17) is 0 Å². The van der Waals surface area contributed by atoms with E-state index in [9.17, 15) is 17.6 Å². The number of nitrogens with zero attached hydrogens (tertiary/aromatic N) is 3. The predicted octanol–water partition coefficient (Wildman–Crippen LogP) is 5.52. The number of ketones is 1. The fraction of sp³-hybridized carbons (Fsp3) is 0.414. The monoisotopic (exact) mass is 519 g/mol. The van der Waals surface area contributed by atoms with Crippen molar-refractivity contribution >= 4 is 21.7 Å². The summed E-state index contributed by atoms with van der Waals surface area (Å²) in [6.45, 7) is 0. The Balaban J connectivity index is 1.42. The van der Waals surface area contributed by atoms with Gasteiger partial charge in [-0.1, -0.05) is 30.9 Å². The summed E-state index contributed by atoms with van der Waals surface area (Å²) >= 11 is 0. The standard InChI is InChI=1S/C29H30FN3O3S/c30-22-10-12-23(13-11-22)33-27-16-21-9-14-25(37(35,36)24-6-2-1-3-7-24)18-29(21,17-20(27)19-32-33)28(34)26-8-4-5-15-31-26/h4-5,8,10-13,15-16,19,24-25H,1-3,6-7,9,14,17-18H2/t25-,29+/m1/s1. The van der Waals surface area contributed by atoms with Crippen LogP contribution in [0.5, 0.6) is 0 Å². The van der Waals surface area contributed by atoms with Crippen molar-refractivity contribution in [1.29, 1.82) is 0 Å². The molecule has 0 bridgehead atoms. The van der Waals surface area contributed by atoms with Crippen LogP contribution in [0.2, 0.25) is 0 Å². The quantitative estimate of drug-likeness (QED) is 0.415. The average Bonchev–Trinajstić information content (AvgIpc) is 3.34. The van der Waals surface area contributed by atoms with E-state index in [2.05, 4.69) is 10.1 Å². The summed E-state index contributed by atoms with van der Waals surface area (Å²) < 4.78 is 42.9. The molecule has 0 N–H and O–H groups in total. The fourth-order valence-electron chi connectivity index (χ4n) is 6.54. The van der Waals surface area contributed by atoms with E-state index in [0.29, 0.717) is 25.0 Å². The molecule has 3 aromatic rings. The van der Waals surface area contributed by atoms with Crippen LogP contribution in [0, 0.1) is 11.2 Å². The molecule has 0 unspecified atom stereocenters. The van der Waals surface area contributed by atoms with E-state index < -0.39 is 20.5 Å². The van der Waals surface area contributed by atoms with E-state index in [1.807, 2.05) is 6.08 Å². The zero-order chi connectivity index (χ0) is 25.6. The minimum atomic E-state index is -3.36. The summed E-state index contributed by atoms with van der Waals surface area (Å²) in [4.78, 5) is 18.5. The average molecular weight is 520 g/mol. The molecule has 0 aliphatic heterocycles. The van der Waals surface area contributed by atoms with Gasteiger partial charge < -0.3 is 0 Å². The molecule has 2 heterocycles. The van der Waals surface area contributed by atoms with Gasteiger partial charge in [-0.15, -0.1) is 0 Å². The molecule has 1 aromatic carbocycles. The lowest BCUT2D eigenvalue weighted by atomic mass is 9.61. The number of allylic oxidation sites excluding steroid dienone is 1. The molecule has 192 valence electrons. The van der Waals surface area contributed by atoms with Gasteiger partial charge in [0, 0.05) is 6.20 Å². The number of carbonyl (C=O) groups is 1. The fourth-order valence-corrected chi connectivity index (χ4v) is 9.04. The maximum Gasteiger partial charge on any atom is 0.191 e. The van der Waals surface area contributed by atoms with Gasteiger partial charge in [-0.25, -0.2) is 17.5 Å². The van der Waals surface area contributed by atoms with Crippen molar-refractivity contribution in [3.8, 4) is 5.69 Å². The van der Waals surface area contributed by atoms with Crippen LogP contribution in [0.3, 0.4) is 0 Å². The third-order valence-corrected chi connectivity index (χ3v) is 11.2. The van der Waals surface area contributed by atoms with Crippen molar-refractivity contribution in [1.82, 2.24) is 14.8 Å². The third kappa shape index (κ3) is 4.15. The van der Waals surface area contributed by atoms with Gasteiger partial charge in [-0.3, -0.25) is 9.78 Å². The Morgan fingerprint density at radius 1 is 1.00 bits per heavy atom. The van der Waals surface area contributed by atoms with Crippen molar-refractivity contribution in [2.24, 2.45) is 5.41 Å². The topological polar surface area (TPSA) is 81.9 Å². The van der Waals surface area contributed by atoms with Crippen LogP contribution in [-0.2, 0) is 16.3 Å². The summed E-state index contributed by atoms with van der Waals surface area (Å²) in [7, 11) is -3.36. The van der Waals surface area contributed by atoms with Gasteiger partial charge in [0.2, 0.25) is 0 Å². The second kappa shape index (κ2) is 9.31. The van der Waals surface area contributed by atoms with Crippen LogP contribution < -0.4 is 0 Å². The molecule has 0 saturated heterocycles. The number of pyridine rings is 1. The summed E-state index contributed by atoms with van der Waals surface area (Å²) in [5, 5.41) is 3.71. The normalized spacial score (nSPS) is 24.1. The molecule has 0 spiro atoms. The maximum atomic E-state index is 14.2. The Bertz CT molecular complexity index is 1460. The van der Waals surface area contributed by atoms with Crippen LogP contribution in [0.1, 0.15) is 73.1 Å². The Labute approximate surface area is 216 Å². The number of carbonyl (C=O) groups excluding carboxylic acids is 1. The molecule has 0 radical (unpaired) electrons. The number of Topliss-reactive ketones (excluding diaryl/α,β-unsaturated/α-hetero) is 1. The van der Waals surface area contributed by atoms with Gasteiger partial charge in [-0.2, -0.15) is 5.10 Å². The number of rotatable bonds is 5. The van der Waals surface area contributed by atoms with Crippen LogP contribution in [0.25, 0.3) is 11.8 Å². The minimum Gasteiger partial charge on any atom is -0.291 e. The maximum absolute atomic E-state index is 14.2. The third-order valence-electron chi connectivity index (χ3n) is 8.50. The SMILES string of the molecule is O=C(c1ccccn1)[C@]12Cc3cnn(-c4ccc(F)cc4)c3C=C1CC[C@@H](S(=O)(=O)C1CCCCC1)C2. The van der Waals surface area contributed by atoms with Crippen molar-refractivity contribution in [2.75, 3.05) is 0 Å². The summed E-state index contributed by atoms with van der Waals surface area (Å²) in [6, 6.07) is 11.4. The molecule has 6 rings (SSSR count). The number of hydrogen-bond donors (Lipinski definition) is 0. The van der Waals surface area contributed by atoms with Crippen LogP contribution in [0.4, 0.5) is 4.39 Å². The first-order chi connectivity index (χ1) is 17.9. The Kier molecular flexibility index (Phi) is 6.10. The Morgan fingerprint density at radius 2 is 1.78 bits per heavy atom. The lowest BCUT2D eigenvalue weighted by Gasteiger charge is -2.44. The number of halogens is 1. The molecule has 3 aliphatic carbocycles. The lowest BCUT2D eigenvalue weighted by molar-refractivity contribution is 0.0796. The zero-order valence-corrected chi connectivity index (χ0v) is 21.5. The van der Waals surface area contributed by atoms with Crippen molar-refractivity contribution in [2.45, 2.75) is 68.3 Å². The molecule has 37 heavy (non-hydrogen) atoms.